The van der Waals surface area contributed by atoms with Crippen molar-refractivity contribution in [3.63, 3.8) is 0 Å². The van der Waals surface area contributed by atoms with Gasteiger partial charge in [0.05, 0.1) is 25.2 Å². The van der Waals surface area contributed by atoms with Crippen molar-refractivity contribution in [1.29, 1.82) is 0 Å². The summed E-state index contributed by atoms with van der Waals surface area (Å²) in [7, 11) is -2.61. The van der Waals surface area contributed by atoms with E-state index >= 15 is 0 Å². The van der Waals surface area contributed by atoms with E-state index in [2.05, 4.69) is 9.88 Å². The normalized spacial score (nSPS) is 16.0. The number of morpholine rings is 1. The molecule has 32 heavy (non-hydrogen) atoms. The number of methoxy groups -OCH3 is 1. The Labute approximate surface area is 187 Å². The zero-order chi connectivity index (χ0) is 23.0. The number of nitrogens with one attached hydrogen (secondary N) is 1. The Bertz CT molecular complexity index is 966. The van der Waals surface area contributed by atoms with E-state index in [1.165, 1.54) is 19.2 Å². The first kappa shape index (κ1) is 24.1. The molecule has 2 aromatic rings. The number of sulfonamides is 1. The number of carbonyl (C=O) groups excluding carboxylic acids is 1. The average Bonchev–Trinajstić information content (AvgIpc) is 2.84. The van der Waals surface area contributed by atoms with Crippen molar-refractivity contribution in [3.05, 3.63) is 54.4 Å². The molecule has 1 amide bonds. The maximum atomic E-state index is 13.6. The van der Waals surface area contributed by atoms with Crippen LogP contribution in [0.1, 0.15) is 12.0 Å². The lowest BCUT2D eigenvalue weighted by atomic mass is 10.1. The fraction of sp³-hybridized carbons (Fsp3) is 0.429. The summed E-state index contributed by atoms with van der Waals surface area (Å²) < 4.78 is 38.8. The molecular formula is C21H28N4O6S. The number of pyridine rings is 1. The highest BCUT2D eigenvalue weighted by Gasteiger charge is 2.36. The van der Waals surface area contributed by atoms with Gasteiger partial charge in [0.25, 0.3) is 5.91 Å². The van der Waals surface area contributed by atoms with Crippen LogP contribution in [0.25, 0.3) is 0 Å². The van der Waals surface area contributed by atoms with Gasteiger partial charge in [-0.25, -0.2) is 13.9 Å². The predicted molar refractivity (Wildman–Crippen MR) is 116 cm³/mol. The standard InChI is InChI=1S/C21H28N4O6S/c1-30-18-4-6-19(7-5-18)32(28,29)25(16-17-3-2-9-22-15-17)20(21(26)23-27)8-10-24-11-13-31-14-12-24/h2-7,9,15,20,27H,8,10-14,16H2,1H3,(H,23,26). The molecule has 1 aliphatic rings. The number of nitrogens with zero attached hydrogens (tertiary/aromatic N) is 3. The van der Waals surface area contributed by atoms with Gasteiger partial charge in [-0.2, -0.15) is 4.31 Å². The van der Waals surface area contributed by atoms with Crippen LogP contribution in [0.3, 0.4) is 0 Å². The summed E-state index contributed by atoms with van der Waals surface area (Å²) >= 11 is 0. The molecule has 1 fully saturated rings. The number of carbonyl (C=O) groups is 1. The zero-order valence-corrected chi connectivity index (χ0v) is 18.7. The van der Waals surface area contributed by atoms with Crippen LogP contribution < -0.4 is 10.2 Å². The van der Waals surface area contributed by atoms with Crippen molar-refractivity contribution in [3.8, 4) is 5.75 Å². The van der Waals surface area contributed by atoms with E-state index in [0.717, 1.165) is 4.31 Å². The monoisotopic (exact) mass is 464 g/mol. The van der Waals surface area contributed by atoms with Gasteiger partial charge in [0.15, 0.2) is 0 Å². The summed E-state index contributed by atoms with van der Waals surface area (Å²) in [6.45, 7) is 2.95. The number of benzene rings is 1. The number of rotatable bonds is 10. The lowest BCUT2D eigenvalue weighted by molar-refractivity contribution is -0.133. The molecule has 3 rings (SSSR count). The first-order valence-corrected chi connectivity index (χ1v) is 11.7. The van der Waals surface area contributed by atoms with Crippen molar-refractivity contribution in [2.75, 3.05) is 40.0 Å². The highest BCUT2D eigenvalue weighted by atomic mass is 32.2. The number of aromatic nitrogens is 1. The maximum absolute atomic E-state index is 13.6. The molecule has 1 unspecified atom stereocenters. The molecule has 1 aliphatic heterocycles. The van der Waals surface area contributed by atoms with Crippen LogP contribution in [0.15, 0.2) is 53.7 Å². The third kappa shape index (κ3) is 6.02. The second-order valence-corrected chi connectivity index (χ2v) is 9.21. The minimum Gasteiger partial charge on any atom is -0.497 e. The molecule has 0 saturated carbocycles. The highest BCUT2D eigenvalue weighted by molar-refractivity contribution is 7.89. The van der Waals surface area contributed by atoms with E-state index < -0.39 is 22.0 Å². The van der Waals surface area contributed by atoms with E-state index in [9.17, 15) is 18.4 Å². The van der Waals surface area contributed by atoms with Crippen LogP contribution in [0.4, 0.5) is 0 Å². The number of hydrogen-bond donors (Lipinski definition) is 2. The second-order valence-electron chi connectivity index (χ2n) is 7.32. The highest BCUT2D eigenvalue weighted by Crippen LogP contribution is 2.25. The van der Waals surface area contributed by atoms with E-state index in [1.807, 2.05) is 0 Å². The molecule has 11 heteroatoms. The molecule has 10 nitrogen and oxygen atoms in total. The fourth-order valence-corrected chi connectivity index (χ4v) is 5.13. The summed E-state index contributed by atoms with van der Waals surface area (Å²) in [6.07, 6.45) is 3.33. The molecule has 1 aromatic carbocycles. The van der Waals surface area contributed by atoms with Gasteiger partial charge in [0.1, 0.15) is 11.8 Å². The summed E-state index contributed by atoms with van der Waals surface area (Å²) in [5.41, 5.74) is 2.25. The minimum absolute atomic E-state index is 0.0179. The van der Waals surface area contributed by atoms with Gasteiger partial charge < -0.3 is 9.47 Å². The molecule has 1 aromatic heterocycles. The van der Waals surface area contributed by atoms with Gasteiger partial charge in [0, 0.05) is 38.6 Å². The Balaban J connectivity index is 1.94. The molecule has 0 radical (unpaired) electrons. The SMILES string of the molecule is COc1ccc(S(=O)(=O)N(Cc2cccnc2)C(CCN2CCOCC2)C(=O)NO)cc1. The van der Waals surface area contributed by atoms with Crippen LogP contribution >= 0.6 is 0 Å². The molecule has 0 aliphatic carbocycles. The Morgan fingerprint density at radius 3 is 2.59 bits per heavy atom. The van der Waals surface area contributed by atoms with Crippen molar-refractivity contribution < 1.29 is 27.9 Å². The third-order valence-corrected chi connectivity index (χ3v) is 7.18. The summed E-state index contributed by atoms with van der Waals surface area (Å²) in [5, 5.41) is 9.38. The van der Waals surface area contributed by atoms with Gasteiger partial charge in [0.2, 0.25) is 10.0 Å². The van der Waals surface area contributed by atoms with Gasteiger partial charge >= 0.3 is 0 Å². The van der Waals surface area contributed by atoms with Gasteiger partial charge in [-0.1, -0.05) is 6.07 Å². The van der Waals surface area contributed by atoms with Crippen LogP contribution in [-0.2, 0) is 26.1 Å². The number of amides is 1. The Morgan fingerprint density at radius 1 is 1.28 bits per heavy atom. The van der Waals surface area contributed by atoms with Crippen molar-refractivity contribution in [1.82, 2.24) is 19.7 Å². The van der Waals surface area contributed by atoms with Crippen LogP contribution in [-0.4, -0.2) is 79.7 Å². The molecule has 0 bridgehead atoms. The topological polar surface area (TPSA) is 121 Å². The Morgan fingerprint density at radius 2 is 2.00 bits per heavy atom. The summed E-state index contributed by atoms with van der Waals surface area (Å²) in [4.78, 5) is 18.8. The quantitative estimate of drug-likeness (QED) is 0.393. The smallest absolute Gasteiger partial charge is 0.261 e. The largest absolute Gasteiger partial charge is 0.497 e. The minimum atomic E-state index is -4.10. The van der Waals surface area contributed by atoms with Crippen LogP contribution in [0, 0.1) is 0 Å². The zero-order valence-electron chi connectivity index (χ0n) is 17.9. The average molecular weight is 465 g/mol. The maximum Gasteiger partial charge on any atom is 0.261 e. The molecular weight excluding hydrogens is 436 g/mol. The van der Waals surface area contributed by atoms with E-state index in [1.54, 1.807) is 42.1 Å². The predicted octanol–water partition coefficient (Wildman–Crippen LogP) is 0.877. The molecule has 1 atom stereocenters. The lowest BCUT2D eigenvalue weighted by Crippen LogP contribution is -2.50. The van der Waals surface area contributed by atoms with E-state index in [-0.39, 0.29) is 17.9 Å². The number of ether oxygens (including phenoxy) is 2. The van der Waals surface area contributed by atoms with Gasteiger partial charge in [-0.05, 0) is 42.3 Å². The number of hydrogen-bond acceptors (Lipinski definition) is 8. The Kier molecular flexibility index (Phi) is 8.53. The lowest BCUT2D eigenvalue weighted by Gasteiger charge is -2.32. The summed E-state index contributed by atoms with van der Waals surface area (Å²) in [5.74, 6) is -0.279. The van der Waals surface area contributed by atoms with Crippen LogP contribution in [0.5, 0.6) is 5.75 Å². The first-order valence-electron chi connectivity index (χ1n) is 10.2. The number of hydroxylamine groups is 1. The van der Waals surface area contributed by atoms with E-state index in [0.29, 0.717) is 44.2 Å². The van der Waals surface area contributed by atoms with Gasteiger partial charge in [-0.3, -0.25) is 19.9 Å². The molecule has 174 valence electrons. The Hall–Kier alpha value is -2.57. The summed E-state index contributed by atoms with van der Waals surface area (Å²) in [6, 6.07) is 8.26. The van der Waals surface area contributed by atoms with Gasteiger partial charge in [-0.15, -0.1) is 0 Å². The molecule has 2 heterocycles. The molecule has 1 saturated heterocycles. The van der Waals surface area contributed by atoms with E-state index in [4.69, 9.17) is 9.47 Å². The fourth-order valence-electron chi connectivity index (χ4n) is 3.53. The molecule has 2 N–H and O–H groups in total. The molecule has 0 spiro atoms. The van der Waals surface area contributed by atoms with Crippen molar-refractivity contribution in [2.45, 2.75) is 23.9 Å². The van der Waals surface area contributed by atoms with Crippen LogP contribution in [0.2, 0.25) is 0 Å². The first-order chi connectivity index (χ1) is 15.5. The van der Waals surface area contributed by atoms with Crippen molar-refractivity contribution >= 4 is 15.9 Å². The van der Waals surface area contributed by atoms with Crippen molar-refractivity contribution in [2.24, 2.45) is 0 Å². The third-order valence-electron chi connectivity index (χ3n) is 5.31. The second kappa shape index (κ2) is 11.3.